The second-order valence-corrected chi connectivity index (χ2v) is 7.71. The zero-order chi connectivity index (χ0) is 19.0. The van der Waals surface area contributed by atoms with E-state index in [2.05, 4.69) is 85.3 Å². The number of aryl methyl sites for hydroxylation is 2. The van der Waals surface area contributed by atoms with Crippen LogP contribution in [0.15, 0.2) is 42.5 Å². The van der Waals surface area contributed by atoms with Crippen LogP contribution in [0.4, 0.5) is 11.5 Å². The molecule has 0 unspecified atom stereocenters. The number of aromatic nitrogens is 2. The van der Waals surface area contributed by atoms with Crippen molar-refractivity contribution in [1.82, 2.24) is 9.78 Å². The minimum absolute atomic E-state index is 1.00. The zero-order valence-electron chi connectivity index (χ0n) is 16.7. The van der Waals surface area contributed by atoms with Crippen LogP contribution >= 0.6 is 0 Å². The molecule has 27 heavy (non-hydrogen) atoms. The van der Waals surface area contributed by atoms with Crippen LogP contribution in [0.3, 0.4) is 0 Å². The quantitative estimate of drug-likeness (QED) is 0.716. The highest BCUT2D eigenvalue weighted by Gasteiger charge is 2.22. The Hall–Kier alpha value is -2.75. The van der Waals surface area contributed by atoms with E-state index in [1.165, 1.54) is 40.8 Å². The monoisotopic (exact) mass is 360 g/mol. The summed E-state index contributed by atoms with van der Waals surface area (Å²) in [5.41, 5.74) is 8.48. The standard InChI is InChI=1S/C23H28N4/c1-16-11-12-17(2)21(14-16)27-23-20(10-5-6-13-24-23)22(25-27)18-8-7-9-19(15-18)26(3)4/h7-9,11-12,14-15,24H,5-6,10,13H2,1-4H3. The van der Waals surface area contributed by atoms with Crippen molar-refractivity contribution in [3.05, 3.63) is 59.2 Å². The Labute approximate surface area is 161 Å². The molecule has 0 radical (unpaired) electrons. The fourth-order valence-corrected chi connectivity index (χ4v) is 3.79. The van der Waals surface area contributed by atoms with Crippen molar-refractivity contribution in [2.45, 2.75) is 33.1 Å². The van der Waals surface area contributed by atoms with E-state index in [0.29, 0.717) is 0 Å². The Morgan fingerprint density at radius 3 is 2.70 bits per heavy atom. The second kappa shape index (κ2) is 7.10. The minimum atomic E-state index is 1.00. The lowest BCUT2D eigenvalue weighted by atomic mass is 10.0. The molecule has 0 amide bonds. The van der Waals surface area contributed by atoms with E-state index in [4.69, 9.17) is 5.10 Å². The molecule has 2 heterocycles. The molecule has 1 aliphatic rings. The number of fused-ring (bicyclic) bond motifs is 1. The van der Waals surface area contributed by atoms with Crippen LogP contribution in [0.2, 0.25) is 0 Å². The number of nitrogens with one attached hydrogen (secondary N) is 1. The summed E-state index contributed by atoms with van der Waals surface area (Å²) < 4.78 is 2.13. The Morgan fingerprint density at radius 1 is 1.04 bits per heavy atom. The van der Waals surface area contributed by atoms with Crippen molar-refractivity contribution < 1.29 is 0 Å². The van der Waals surface area contributed by atoms with Gasteiger partial charge in [-0.3, -0.25) is 0 Å². The molecule has 0 fully saturated rings. The first-order valence-corrected chi connectivity index (χ1v) is 9.76. The van der Waals surface area contributed by atoms with Crippen molar-refractivity contribution in [3.8, 4) is 16.9 Å². The van der Waals surface area contributed by atoms with E-state index >= 15 is 0 Å². The van der Waals surface area contributed by atoms with Gasteiger partial charge in [0, 0.05) is 37.5 Å². The molecule has 0 atom stereocenters. The summed E-state index contributed by atoms with van der Waals surface area (Å²) in [7, 11) is 4.16. The Bertz CT molecular complexity index is 969. The molecule has 0 aliphatic carbocycles. The molecule has 4 rings (SSSR count). The smallest absolute Gasteiger partial charge is 0.133 e. The van der Waals surface area contributed by atoms with Gasteiger partial charge in [0.25, 0.3) is 0 Å². The molecule has 1 aliphatic heterocycles. The maximum absolute atomic E-state index is 5.11. The number of anilines is 2. The molecule has 0 saturated heterocycles. The van der Waals surface area contributed by atoms with E-state index < -0.39 is 0 Å². The van der Waals surface area contributed by atoms with E-state index in [-0.39, 0.29) is 0 Å². The van der Waals surface area contributed by atoms with Gasteiger partial charge in [0.05, 0.1) is 11.4 Å². The number of nitrogens with zero attached hydrogens (tertiary/aromatic N) is 3. The van der Waals surface area contributed by atoms with Crippen LogP contribution in [-0.2, 0) is 6.42 Å². The summed E-state index contributed by atoms with van der Waals surface area (Å²) in [4.78, 5) is 2.14. The third-order valence-electron chi connectivity index (χ3n) is 5.36. The first kappa shape index (κ1) is 17.7. The fourth-order valence-electron chi connectivity index (χ4n) is 3.79. The Kier molecular flexibility index (Phi) is 4.65. The predicted molar refractivity (Wildman–Crippen MR) is 114 cm³/mol. The van der Waals surface area contributed by atoms with Crippen LogP contribution in [0.1, 0.15) is 29.5 Å². The molecule has 1 N–H and O–H groups in total. The number of benzene rings is 2. The summed E-state index contributed by atoms with van der Waals surface area (Å²) >= 11 is 0. The highest BCUT2D eigenvalue weighted by molar-refractivity contribution is 5.74. The lowest BCUT2D eigenvalue weighted by Gasteiger charge is -2.13. The average Bonchev–Trinajstić information content (AvgIpc) is 2.84. The fraction of sp³-hybridized carbons (Fsp3) is 0.348. The maximum atomic E-state index is 5.11. The lowest BCUT2D eigenvalue weighted by molar-refractivity contribution is 0.779. The largest absolute Gasteiger partial charge is 0.378 e. The number of rotatable bonds is 3. The van der Waals surface area contributed by atoms with Gasteiger partial charge in [-0.2, -0.15) is 5.10 Å². The highest BCUT2D eigenvalue weighted by atomic mass is 15.3. The molecule has 0 bridgehead atoms. The van der Waals surface area contributed by atoms with Gasteiger partial charge in [0.1, 0.15) is 5.82 Å². The molecule has 1 aromatic heterocycles. The summed E-state index contributed by atoms with van der Waals surface area (Å²) in [6, 6.07) is 15.3. The van der Waals surface area contributed by atoms with E-state index in [0.717, 1.165) is 30.2 Å². The Morgan fingerprint density at radius 2 is 1.89 bits per heavy atom. The van der Waals surface area contributed by atoms with Crippen molar-refractivity contribution >= 4 is 11.5 Å². The molecule has 140 valence electrons. The molecular weight excluding hydrogens is 332 g/mol. The van der Waals surface area contributed by atoms with Gasteiger partial charge in [-0.1, -0.05) is 24.3 Å². The summed E-state index contributed by atoms with van der Waals surface area (Å²) in [6.45, 7) is 5.30. The third kappa shape index (κ3) is 3.32. The van der Waals surface area contributed by atoms with Gasteiger partial charge in [0.15, 0.2) is 0 Å². The normalized spacial score (nSPS) is 13.6. The number of hydrogen-bond donors (Lipinski definition) is 1. The molecule has 4 heteroatoms. The first-order valence-electron chi connectivity index (χ1n) is 9.76. The Balaban J connectivity index is 1.92. The summed E-state index contributed by atoms with van der Waals surface area (Å²) in [5, 5.41) is 8.77. The van der Waals surface area contributed by atoms with Crippen molar-refractivity contribution in [2.24, 2.45) is 0 Å². The first-order chi connectivity index (χ1) is 13.0. The van der Waals surface area contributed by atoms with Gasteiger partial charge in [-0.15, -0.1) is 0 Å². The van der Waals surface area contributed by atoms with Gasteiger partial charge in [-0.05, 0) is 62.4 Å². The van der Waals surface area contributed by atoms with Crippen LogP contribution in [0.5, 0.6) is 0 Å². The highest BCUT2D eigenvalue weighted by Crippen LogP contribution is 2.35. The average molecular weight is 361 g/mol. The topological polar surface area (TPSA) is 33.1 Å². The van der Waals surface area contributed by atoms with Crippen molar-refractivity contribution in [2.75, 3.05) is 30.9 Å². The molecule has 4 nitrogen and oxygen atoms in total. The predicted octanol–water partition coefficient (Wildman–Crippen LogP) is 4.97. The van der Waals surface area contributed by atoms with Crippen LogP contribution in [0, 0.1) is 13.8 Å². The molecule has 3 aromatic rings. The van der Waals surface area contributed by atoms with E-state index in [1.54, 1.807) is 0 Å². The molecule has 2 aromatic carbocycles. The zero-order valence-corrected chi connectivity index (χ0v) is 16.7. The maximum Gasteiger partial charge on any atom is 0.133 e. The summed E-state index contributed by atoms with van der Waals surface area (Å²) in [5.74, 6) is 1.16. The van der Waals surface area contributed by atoms with Crippen molar-refractivity contribution in [1.29, 1.82) is 0 Å². The van der Waals surface area contributed by atoms with Crippen LogP contribution < -0.4 is 10.2 Å². The molecule has 0 saturated carbocycles. The third-order valence-corrected chi connectivity index (χ3v) is 5.36. The molecule has 0 spiro atoms. The van der Waals surface area contributed by atoms with E-state index in [1.807, 2.05) is 0 Å². The SMILES string of the molecule is Cc1ccc(C)c(-n2nc(-c3cccc(N(C)C)c3)c3c2NCCCC3)c1. The van der Waals surface area contributed by atoms with Crippen LogP contribution in [-0.4, -0.2) is 30.4 Å². The van der Waals surface area contributed by atoms with Gasteiger partial charge in [0.2, 0.25) is 0 Å². The van der Waals surface area contributed by atoms with Crippen LogP contribution in [0.25, 0.3) is 16.9 Å². The van der Waals surface area contributed by atoms with Gasteiger partial charge in [-0.25, -0.2) is 4.68 Å². The second-order valence-electron chi connectivity index (χ2n) is 7.71. The van der Waals surface area contributed by atoms with E-state index in [9.17, 15) is 0 Å². The summed E-state index contributed by atoms with van der Waals surface area (Å²) in [6.07, 6.45) is 3.45. The van der Waals surface area contributed by atoms with Gasteiger partial charge < -0.3 is 10.2 Å². The number of hydrogen-bond acceptors (Lipinski definition) is 3. The van der Waals surface area contributed by atoms with Crippen molar-refractivity contribution in [3.63, 3.8) is 0 Å². The minimum Gasteiger partial charge on any atom is -0.378 e. The molecular formula is C23H28N4. The van der Waals surface area contributed by atoms with Gasteiger partial charge >= 0.3 is 0 Å². The lowest BCUT2D eigenvalue weighted by Crippen LogP contribution is -2.08.